The van der Waals surface area contributed by atoms with E-state index >= 15 is 0 Å². The molecule has 9 heteroatoms. The number of hydrogen-bond acceptors (Lipinski definition) is 8. The van der Waals surface area contributed by atoms with Crippen molar-refractivity contribution in [3.8, 4) is 0 Å². The van der Waals surface area contributed by atoms with Crippen LogP contribution in [0.3, 0.4) is 0 Å². The number of esters is 2. The lowest BCUT2D eigenvalue weighted by Gasteiger charge is -2.11. The molecular weight excluding hydrogens is 482 g/mol. The van der Waals surface area contributed by atoms with Gasteiger partial charge in [0, 0.05) is 6.99 Å². The molecule has 0 bridgehead atoms. The quantitative estimate of drug-likeness (QED) is 0.306. The summed E-state index contributed by atoms with van der Waals surface area (Å²) in [6.45, 7) is 7.63. The predicted octanol–water partition coefficient (Wildman–Crippen LogP) is 5.85. The third-order valence-corrected chi connectivity index (χ3v) is 4.99. The van der Waals surface area contributed by atoms with Crippen LogP contribution in [0.1, 0.15) is 57.9 Å². The molecule has 0 aliphatic heterocycles. The first-order chi connectivity index (χ1) is 17.4. The van der Waals surface area contributed by atoms with E-state index in [1.807, 2.05) is 64.1 Å². The standard InChI is InChI=1S/C16H15NO3.C9H16O4S.C2H6.H2/c18-15(20-12-13-7-3-1-4-8-13)11-17-16(19)14-9-5-2-6-10-14;1-4-7(5-2)8(10)12-6-13-9(11)14-3;1-2;/h1-10H,11-12H2,(H,17,19);7H,4-6H2,1-3H3;1-2H3;1H. The van der Waals surface area contributed by atoms with Crippen LogP contribution in [0.5, 0.6) is 0 Å². The monoisotopic (exact) mass is 521 g/mol. The van der Waals surface area contributed by atoms with Gasteiger partial charge in [-0.15, -0.1) is 0 Å². The Morgan fingerprint density at radius 1 is 0.861 bits per heavy atom. The lowest BCUT2D eigenvalue weighted by Crippen LogP contribution is -2.30. The third kappa shape index (κ3) is 14.8. The summed E-state index contributed by atoms with van der Waals surface area (Å²) in [7, 11) is 0. The van der Waals surface area contributed by atoms with Crippen molar-refractivity contribution < 1.29 is 34.8 Å². The minimum absolute atomic E-state index is 0. The van der Waals surface area contributed by atoms with Gasteiger partial charge in [0.25, 0.3) is 5.91 Å². The number of amides is 1. The number of thioether (sulfide) groups is 1. The maximum atomic E-state index is 11.7. The van der Waals surface area contributed by atoms with Crippen molar-refractivity contribution in [2.45, 2.75) is 47.1 Å². The first-order valence-electron chi connectivity index (χ1n) is 11.8. The van der Waals surface area contributed by atoms with Crippen LogP contribution in [0, 0.1) is 5.92 Å². The van der Waals surface area contributed by atoms with Gasteiger partial charge in [-0.2, -0.15) is 0 Å². The van der Waals surface area contributed by atoms with E-state index in [9.17, 15) is 19.2 Å². The summed E-state index contributed by atoms with van der Waals surface area (Å²) >= 11 is 0.944. The zero-order valence-corrected chi connectivity index (χ0v) is 22.5. The molecule has 0 spiro atoms. The zero-order chi connectivity index (χ0) is 27.2. The van der Waals surface area contributed by atoms with E-state index in [0.717, 1.165) is 30.2 Å². The molecular formula is C27H39NO7S. The van der Waals surface area contributed by atoms with E-state index in [1.54, 1.807) is 30.5 Å². The number of carbonyl (C=O) groups is 4. The molecule has 0 aromatic heterocycles. The lowest BCUT2D eigenvalue weighted by atomic mass is 10.0. The van der Waals surface area contributed by atoms with Gasteiger partial charge in [0.2, 0.25) is 6.79 Å². The van der Waals surface area contributed by atoms with Gasteiger partial charge in [-0.25, -0.2) is 4.79 Å². The van der Waals surface area contributed by atoms with Gasteiger partial charge in [-0.1, -0.05) is 76.2 Å². The van der Waals surface area contributed by atoms with Gasteiger partial charge in [0.15, 0.2) is 0 Å². The van der Waals surface area contributed by atoms with Crippen molar-refractivity contribution in [2.24, 2.45) is 5.92 Å². The molecule has 0 aliphatic carbocycles. The molecule has 1 amide bonds. The Morgan fingerprint density at radius 2 is 1.42 bits per heavy atom. The number of ether oxygens (including phenoxy) is 3. The SMILES string of the molecule is CC.CCC(CC)C(=O)OCOC(=O)SC.O=C(CNC(=O)c1ccccc1)OCc1ccccc1.[HH]. The highest BCUT2D eigenvalue weighted by atomic mass is 32.2. The second-order valence-electron chi connectivity index (χ2n) is 6.89. The van der Waals surface area contributed by atoms with E-state index in [2.05, 4.69) is 10.1 Å². The average Bonchev–Trinajstić information content (AvgIpc) is 2.93. The highest BCUT2D eigenvalue weighted by Gasteiger charge is 2.15. The highest BCUT2D eigenvalue weighted by molar-refractivity contribution is 8.12. The van der Waals surface area contributed by atoms with Gasteiger partial charge in [0.1, 0.15) is 13.2 Å². The largest absolute Gasteiger partial charge is 0.460 e. The lowest BCUT2D eigenvalue weighted by molar-refractivity contribution is -0.156. The van der Waals surface area contributed by atoms with Crippen LogP contribution in [-0.2, 0) is 30.4 Å². The number of carbonyl (C=O) groups excluding carboxylic acids is 4. The van der Waals surface area contributed by atoms with Crippen LogP contribution in [0.15, 0.2) is 60.7 Å². The molecule has 200 valence electrons. The van der Waals surface area contributed by atoms with E-state index in [0.29, 0.717) is 5.56 Å². The number of benzene rings is 2. The summed E-state index contributed by atoms with van der Waals surface area (Å²) in [5.74, 6) is -1.15. The molecule has 0 heterocycles. The minimum atomic E-state index is -0.460. The van der Waals surface area contributed by atoms with Gasteiger partial charge in [-0.3, -0.25) is 14.4 Å². The smallest absolute Gasteiger partial charge is 0.369 e. The first-order valence-corrected chi connectivity index (χ1v) is 13.0. The Hall–Kier alpha value is -3.33. The van der Waals surface area contributed by atoms with Crippen LogP contribution in [0.25, 0.3) is 0 Å². The second kappa shape index (κ2) is 21.0. The summed E-state index contributed by atoms with van der Waals surface area (Å²) in [5, 5.41) is 2.08. The molecule has 0 radical (unpaired) electrons. The summed E-state index contributed by atoms with van der Waals surface area (Å²) in [4.78, 5) is 45.1. The van der Waals surface area contributed by atoms with Crippen molar-refractivity contribution >= 4 is 34.9 Å². The molecule has 0 saturated heterocycles. The van der Waals surface area contributed by atoms with E-state index in [4.69, 9.17) is 9.47 Å². The Balaban J connectivity index is 0. The van der Waals surface area contributed by atoms with Gasteiger partial charge in [-0.05, 0) is 48.6 Å². The predicted molar refractivity (Wildman–Crippen MR) is 144 cm³/mol. The molecule has 2 aromatic carbocycles. The van der Waals surface area contributed by atoms with Crippen LogP contribution in [0.4, 0.5) is 4.79 Å². The first kappa shape index (κ1) is 32.7. The molecule has 2 aromatic rings. The molecule has 0 fully saturated rings. The molecule has 8 nitrogen and oxygen atoms in total. The maximum Gasteiger partial charge on any atom is 0.369 e. The van der Waals surface area contributed by atoms with Crippen molar-refractivity contribution in [3.63, 3.8) is 0 Å². The molecule has 1 N–H and O–H groups in total. The van der Waals surface area contributed by atoms with Crippen LogP contribution in [0.2, 0.25) is 0 Å². The fourth-order valence-electron chi connectivity index (χ4n) is 2.57. The van der Waals surface area contributed by atoms with Crippen LogP contribution < -0.4 is 5.32 Å². The minimum Gasteiger partial charge on any atom is -0.460 e. The average molecular weight is 522 g/mol. The fourth-order valence-corrected chi connectivity index (χ4v) is 2.73. The summed E-state index contributed by atoms with van der Waals surface area (Å²) in [5.41, 5.74) is 1.43. The zero-order valence-electron chi connectivity index (χ0n) is 21.7. The maximum absolute atomic E-state index is 11.7. The molecule has 0 aliphatic rings. The summed E-state index contributed by atoms with van der Waals surface area (Å²) < 4.78 is 14.4. The topological polar surface area (TPSA) is 108 Å². The van der Waals surface area contributed by atoms with Gasteiger partial charge < -0.3 is 19.5 Å². The third-order valence-electron chi connectivity index (χ3n) is 4.54. The fraction of sp³-hybridized carbons (Fsp3) is 0.407. The summed E-state index contributed by atoms with van der Waals surface area (Å²) in [6.07, 6.45) is 3.09. The summed E-state index contributed by atoms with van der Waals surface area (Å²) in [6, 6.07) is 18.1. The molecule has 0 atom stereocenters. The second-order valence-corrected chi connectivity index (χ2v) is 7.63. The van der Waals surface area contributed by atoms with Gasteiger partial charge >= 0.3 is 17.2 Å². The van der Waals surface area contributed by atoms with E-state index < -0.39 is 11.3 Å². The van der Waals surface area contributed by atoms with Crippen molar-refractivity contribution in [1.82, 2.24) is 5.32 Å². The van der Waals surface area contributed by atoms with Crippen molar-refractivity contribution in [3.05, 3.63) is 71.8 Å². The Bertz CT molecular complexity index is 894. The normalized spacial score (nSPS) is 9.50. The highest BCUT2D eigenvalue weighted by Crippen LogP contribution is 2.10. The Labute approximate surface area is 219 Å². The molecule has 36 heavy (non-hydrogen) atoms. The number of nitrogens with one attached hydrogen (secondary N) is 1. The van der Waals surface area contributed by atoms with Crippen molar-refractivity contribution in [2.75, 3.05) is 19.6 Å². The Morgan fingerprint density at radius 3 is 1.94 bits per heavy atom. The van der Waals surface area contributed by atoms with Crippen molar-refractivity contribution in [1.29, 1.82) is 0 Å². The number of hydrogen-bond donors (Lipinski definition) is 1. The van der Waals surface area contributed by atoms with E-state index in [-0.39, 0.29) is 39.2 Å². The van der Waals surface area contributed by atoms with E-state index in [1.165, 1.54) is 0 Å². The Kier molecular flexibility index (Phi) is 19.1. The molecule has 0 unspecified atom stereocenters. The molecule has 2 rings (SSSR count). The van der Waals surface area contributed by atoms with Crippen LogP contribution in [-0.4, -0.2) is 42.7 Å². The van der Waals surface area contributed by atoms with Crippen LogP contribution >= 0.6 is 11.8 Å². The number of rotatable bonds is 10. The molecule has 0 saturated carbocycles. The van der Waals surface area contributed by atoms with Gasteiger partial charge in [0.05, 0.1) is 5.92 Å².